The Morgan fingerprint density at radius 1 is 1.28 bits per heavy atom. The first kappa shape index (κ1) is 22.5. The topological polar surface area (TPSA) is 99.5 Å². The molecule has 0 radical (unpaired) electrons. The Morgan fingerprint density at radius 2 is 1.93 bits per heavy atom. The molecule has 0 saturated carbocycles. The number of nitrogens with one attached hydrogen (secondary N) is 1. The second-order valence-electron chi connectivity index (χ2n) is 6.32. The highest BCUT2D eigenvalue weighted by atomic mass is 35.5. The van der Waals surface area contributed by atoms with Crippen LogP contribution in [0, 0.1) is 11.3 Å². The summed E-state index contributed by atoms with van der Waals surface area (Å²) in [4.78, 5) is 12.9. The summed E-state index contributed by atoms with van der Waals surface area (Å²) in [5.41, 5.74) is 1.60. The predicted molar refractivity (Wildman–Crippen MR) is 114 cm³/mol. The first-order valence-electron chi connectivity index (χ1n) is 8.81. The minimum absolute atomic E-state index is 0.238. The number of nitriles is 1. The lowest BCUT2D eigenvalue weighted by molar-refractivity contribution is -0.117. The summed E-state index contributed by atoms with van der Waals surface area (Å²) in [5.74, 6) is -0.0725. The third-order valence-corrected chi connectivity index (χ3v) is 5.70. The summed E-state index contributed by atoms with van der Waals surface area (Å²) in [7, 11) is -2.32. The molecule has 0 saturated heterocycles. The number of halogens is 1. The van der Waals surface area contributed by atoms with Gasteiger partial charge in [-0.15, -0.1) is 0 Å². The number of amides is 1. The van der Waals surface area contributed by atoms with E-state index in [1.807, 2.05) is 0 Å². The Balaban J connectivity index is 2.34. The quantitative estimate of drug-likeness (QED) is 0.682. The van der Waals surface area contributed by atoms with Crippen LogP contribution in [0.25, 0.3) is 0 Å². The molecule has 9 heteroatoms. The van der Waals surface area contributed by atoms with Crippen molar-refractivity contribution in [2.75, 3.05) is 23.0 Å². The number of hydrogen-bond acceptors (Lipinski definition) is 5. The summed E-state index contributed by atoms with van der Waals surface area (Å²) >= 11 is 6.15. The monoisotopic (exact) mass is 435 g/mol. The first-order chi connectivity index (χ1) is 13.7. The molecule has 1 N–H and O–H groups in total. The van der Waals surface area contributed by atoms with Crippen LogP contribution in [0.3, 0.4) is 0 Å². The molecule has 0 aliphatic heterocycles. The molecule has 0 unspecified atom stereocenters. The van der Waals surface area contributed by atoms with Gasteiger partial charge in [-0.2, -0.15) is 5.26 Å². The highest BCUT2D eigenvalue weighted by Crippen LogP contribution is 2.32. The maximum Gasteiger partial charge on any atom is 0.248 e. The molecule has 0 spiro atoms. The number of benzene rings is 2. The molecule has 0 bridgehead atoms. The Morgan fingerprint density at radius 3 is 2.41 bits per heavy atom. The number of rotatable bonds is 8. The zero-order valence-corrected chi connectivity index (χ0v) is 17.9. The van der Waals surface area contributed by atoms with Gasteiger partial charge in [0, 0.05) is 5.69 Å². The van der Waals surface area contributed by atoms with E-state index in [1.165, 1.54) is 13.2 Å². The van der Waals surface area contributed by atoms with E-state index in [-0.39, 0.29) is 23.6 Å². The van der Waals surface area contributed by atoms with Crippen molar-refractivity contribution in [3.8, 4) is 11.8 Å². The van der Waals surface area contributed by atoms with Crippen molar-refractivity contribution in [1.82, 2.24) is 0 Å². The van der Waals surface area contributed by atoms with Crippen LogP contribution in [0.15, 0.2) is 42.5 Å². The van der Waals surface area contributed by atoms with E-state index in [4.69, 9.17) is 21.6 Å². The summed E-state index contributed by atoms with van der Waals surface area (Å²) in [5, 5.41) is 11.7. The third kappa shape index (κ3) is 5.62. The van der Waals surface area contributed by atoms with E-state index in [9.17, 15) is 13.2 Å². The highest BCUT2D eigenvalue weighted by molar-refractivity contribution is 7.92. The fraction of sp³-hybridized carbons (Fsp3) is 0.300. The van der Waals surface area contributed by atoms with E-state index in [2.05, 4.69) is 11.4 Å². The fourth-order valence-corrected chi connectivity index (χ4v) is 4.33. The van der Waals surface area contributed by atoms with E-state index in [0.717, 1.165) is 16.1 Å². The summed E-state index contributed by atoms with van der Waals surface area (Å²) < 4.78 is 31.2. The second kappa shape index (κ2) is 9.63. The van der Waals surface area contributed by atoms with Crippen LogP contribution in [-0.2, 0) is 21.2 Å². The molecule has 2 rings (SSSR count). The zero-order valence-electron chi connectivity index (χ0n) is 16.3. The van der Waals surface area contributed by atoms with E-state index < -0.39 is 22.0 Å². The fourth-order valence-electron chi connectivity index (χ4n) is 2.88. The minimum Gasteiger partial charge on any atom is -0.495 e. The van der Waals surface area contributed by atoms with Crippen molar-refractivity contribution in [1.29, 1.82) is 5.26 Å². The molecule has 7 nitrogen and oxygen atoms in total. The minimum atomic E-state index is -3.78. The Bertz CT molecular complexity index is 1020. The van der Waals surface area contributed by atoms with Gasteiger partial charge in [0.1, 0.15) is 11.8 Å². The molecular formula is C20H22ClN3O4S. The molecule has 29 heavy (non-hydrogen) atoms. The van der Waals surface area contributed by atoms with Gasteiger partial charge in [0.2, 0.25) is 15.9 Å². The van der Waals surface area contributed by atoms with Gasteiger partial charge in [-0.1, -0.05) is 30.7 Å². The molecule has 0 aromatic heterocycles. The van der Waals surface area contributed by atoms with Gasteiger partial charge >= 0.3 is 0 Å². The number of methoxy groups -OCH3 is 1. The van der Waals surface area contributed by atoms with E-state index in [0.29, 0.717) is 11.4 Å². The van der Waals surface area contributed by atoms with Crippen LogP contribution in [0.2, 0.25) is 5.02 Å². The maximum atomic E-state index is 12.9. The molecule has 2 aromatic rings. The molecular weight excluding hydrogens is 414 g/mol. The van der Waals surface area contributed by atoms with Crippen molar-refractivity contribution in [3.05, 3.63) is 53.1 Å². The summed E-state index contributed by atoms with van der Waals surface area (Å²) in [6.45, 7) is 1.73. The largest absolute Gasteiger partial charge is 0.495 e. The van der Waals surface area contributed by atoms with Crippen LogP contribution in [0.1, 0.15) is 18.9 Å². The molecule has 2 aromatic carbocycles. The average Bonchev–Trinajstić information content (AvgIpc) is 2.66. The standard InChI is InChI=1S/C20H22ClN3O4S/c1-4-18(20(25)23-15-7-5-14(6-8-15)11-12-22)24(29(3,26)27)16-9-10-19(28-2)17(21)13-16/h5-10,13,18H,4,11H2,1-3H3,(H,23,25)/t18-/m1/s1. The highest BCUT2D eigenvalue weighted by Gasteiger charge is 2.32. The lowest BCUT2D eigenvalue weighted by Crippen LogP contribution is -2.47. The molecule has 0 fully saturated rings. The Hall–Kier alpha value is -2.76. The van der Waals surface area contributed by atoms with Gasteiger partial charge in [-0.05, 0) is 42.3 Å². The predicted octanol–water partition coefficient (Wildman–Crippen LogP) is 3.60. The smallest absolute Gasteiger partial charge is 0.248 e. The molecule has 154 valence electrons. The van der Waals surface area contributed by atoms with Crippen LogP contribution < -0.4 is 14.4 Å². The van der Waals surface area contributed by atoms with Gasteiger partial charge < -0.3 is 10.1 Å². The van der Waals surface area contributed by atoms with Crippen LogP contribution in [0.5, 0.6) is 5.75 Å². The molecule has 0 heterocycles. The van der Waals surface area contributed by atoms with Gasteiger partial charge in [0.15, 0.2) is 0 Å². The molecule has 0 aliphatic rings. The maximum absolute atomic E-state index is 12.9. The van der Waals surface area contributed by atoms with Crippen molar-refractivity contribution >= 4 is 38.9 Å². The SMILES string of the molecule is CC[C@H](C(=O)Nc1ccc(CC#N)cc1)N(c1ccc(OC)c(Cl)c1)S(C)(=O)=O. The van der Waals surface area contributed by atoms with Gasteiger partial charge in [0.25, 0.3) is 0 Å². The van der Waals surface area contributed by atoms with Crippen LogP contribution in [-0.4, -0.2) is 33.7 Å². The number of carbonyl (C=O) groups excluding carboxylic acids is 1. The summed E-state index contributed by atoms with van der Waals surface area (Å²) in [6, 6.07) is 12.4. The van der Waals surface area contributed by atoms with Crippen LogP contribution >= 0.6 is 11.6 Å². The number of ether oxygens (including phenoxy) is 1. The van der Waals surface area contributed by atoms with Crippen molar-refractivity contribution < 1.29 is 17.9 Å². The van der Waals surface area contributed by atoms with Gasteiger partial charge in [-0.25, -0.2) is 8.42 Å². The lowest BCUT2D eigenvalue weighted by Gasteiger charge is -2.30. The third-order valence-electron chi connectivity index (χ3n) is 4.22. The van der Waals surface area contributed by atoms with Crippen molar-refractivity contribution in [2.45, 2.75) is 25.8 Å². The number of sulfonamides is 1. The normalized spacial score (nSPS) is 12.0. The average molecular weight is 436 g/mol. The van der Waals surface area contributed by atoms with Crippen molar-refractivity contribution in [3.63, 3.8) is 0 Å². The second-order valence-corrected chi connectivity index (χ2v) is 8.59. The Labute approximate surface area is 175 Å². The lowest BCUT2D eigenvalue weighted by atomic mass is 10.1. The molecule has 1 atom stereocenters. The summed E-state index contributed by atoms with van der Waals surface area (Å²) in [6.07, 6.45) is 1.55. The Kier molecular flexibility index (Phi) is 7.48. The number of carbonyl (C=O) groups is 1. The van der Waals surface area contributed by atoms with Gasteiger partial charge in [0.05, 0.1) is 36.6 Å². The number of hydrogen-bond donors (Lipinski definition) is 1. The van der Waals surface area contributed by atoms with E-state index in [1.54, 1.807) is 43.3 Å². The zero-order chi connectivity index (χ0) is 21.6. The first-order valence-corrected chi connectivity index (χ1v) is 11.0. The number of nitrogens with zero attached hydrogens (tertiary/aromatic N) is 2. The van der Waals surface area contributed by atoms with E-state index >= 15 is 0 Å². The number of anilines is 2. The van der Waals surface area contributed by atoms with Crippen LogP contribution in [0.4, 0.5) is 11.4 Å². The van der Waals surface area contributed by atoms with Crippen molar-refractivity contribution in [2.24, 2.45) is 0 Å². The molecule has 1 amide bonds. The molecule has 0 aliphatic carbocycles. The van der Waals surface area contributed by atoms with Gasteiger partial charge in [-0.3, -0.25) is 9.10 Å².